The third-order valence-electron chi connectivity index (χ3n) is 4.95. The second kappa shape index (κ2) is 8.56. The molecular weight excluding hydrogens is 350 g/mol. The lowest BCUT2D eigenvalue weighted by molar-refractivity contribution is -0.121. The molecule has 0 radical (unpaired) electrons. The van der Waals surface area contributed by atoms with Gasteiger partial charge in [-0.05, 0) is 48.7 Å². The summed E-state index contributed by atoms with van der Waals surface area (Å²) in [5.74, 6) is 0.762. The van der Waals surface area contributed by atoms with E-state index in [4.69, 9.17) is 21.1 Å². The molecule has 3 rings (SSSR count). The molecule has 1 N–H and O–H groups in total. The number of rotatable bonds is 7. The molecule has 1 saturated carbocycles. The second-order valence-electron chi connectivity index (χ2n) is 6.59. The quantitative estimate of drug-likeness (QED) is 0.708. The van der Waals surface area contributed by atoms with Gasteiger partial charge in [-0.15, -0.1) is 0 Å². The minimum atomic E-state index is -0.550. The van der Waals surface area contributed by atoms with Crippen LogP contribution in [-0.4, -0.2) is 26.2 Å². The lowest BCUT2D eigenvalue weighted by atomic mass is 9.78. The van der Waals surface area contributed by atoms with Gasteiger partial charge in [0.1, 0.15) is 12.4 Å². The van der Waals surface area contributed by atoms with Gasteiger partial charge in [-0.25, -0.2) is 0 Å². The first kappa shape index (κ1) is 18.7. The topological polar surface area (TPSA) is 47.6 Å². The Balaban J connectivity index is 1.74. The fourth-order valence-electron chi connectivity index (χ4n) is 3.57. The summed E-state index contributed by atoms with van der Waals surface area (Å²) in [6, 6.07) is 15.1. The number of benzene rings is 2. The number of nitrogens with one attached hydrogen (secondary N) is 1. The van der Waals surface area contributed by atoms with Crippen molar-refractivity contribution in [3.63, 3.8) is 0 Å². The summed E-state index contributed by atoms with van der Waals surface area (Å²) in [4.78, 5) is 13.2. The highest BCUT2D eigenvalue weighted by atomic mass is 35.5. The number of ether oxygens (including phenoxy) is 2. The van der Waals surface area contributed by atoms with Gasteiger partial charge < -0.3 is 14.8 Å². The van der Waals surface area contributed by atoms with Gasteiger partial charge in [0.05, 0.1) is 12.0 Å². The summed E-state index contributed by atoms with van der Waals surface area (Å²) >= 11 is 6.42. The van der Waals surface area contributed by atoms with Crippen LogP contribution in [0.15, 0.2) is 48.5 Å². The summed E-state index contributed by atoms with van der Waals surface area (Å²) in [7, 11) is 1.64. The smallest absolute Gasteiger partial charge is 0.235 e. The summed E-state index contributed by atoms with van der Waals surface area (Å²) in [6.45, 7) is 1.04. The molecule has 1 amide bonds. The number of halogens is 1. The number of anilines is 1. The first-order chi connectivity index (χ1) is 12.7. The molecule has 1 aliphatic rings. The first-order valence-electron chi connectivity index (χ1n) is 8.94. The number of hydrogen-bond donors (Lipinski definition) is 1. The molecule has 0 aliphatic heterocycles. The van der Waals surface area contributed by atoms with Crippen LogP contribution in [0.2, 0.25) is 5.02 Å². The fourth-order valence-corrected chi connectivity index (χ4v) is 3.89. The molecule has 1 fully saturated rings. The van der Waals surface area contributed by atoms with Crippen molar-refractivity contribution in [1.29, 1.82) is 0 Å². The molecule has 0 spiro atoms. The molecular formula is C21H24ClNO3. The van der Waals surface area contributed by atoms with E-state index in [0.717, 1.165) is 42.7 Å². The minimum Gasteiger partial charge on any atom is -0.491 e. The Morgan fingerprint density at radius 2 is 1.77 bits per heavy atom. The lowest BCUT2D eigenvalue weighted by Gasteiger charge is -2.29. The number of amides is 1. The van der Waals surface area contributed by atoms with Crippen LogP contribution in [0, 0.1) is 0 Å². The molecule has 138 valence electrons. The van der Waals surface area contributed by atoms with Crippen LogP contribution in [0.3, 0.4) is 0 Å². The number of carbonyl (C=O) groups excluding carboxylic acids is 1. The summed E-state index contributed by atoms with van der Waals surface area (Å²) in [6.07, 6.45) is 3.71. The fraction of sp³-hybridized carbons (Fsp3) is 0.381. The van der Waals surface area contributed by atoms with Crippen LogP contribution in [0.25, 0.3) is 0 Å². The average molecular weight is 374 g/mol. The Morgan fingerprint density at radius 1 is 1.08 bits per heavy atom. The van der Waals surface area contributed by atoms with Gasteiger partial charge in [-0.3, -0.25) is 4.79 Å². The Hall–Kier alpha value is -2.04. The van der Waals surface area contributed by atoms with E-state index in [2.05, 4.69) is 5.32 Å². The zero-order valence-electron chi connectivity index (χ0n) is 15.0. The van der Waals surface area contributed by atoms with Crippen LogP contribution >= 0.6 is 11.6 Å². The minimum absolute atomic E-state index is 0.0103. The molecule has 1 aliphatic carbocycles. The highest BCUT2D eigenvalue weighted by Gasteiger charge is 2.43. The largest absolute Gasteiger partial charge is 0.491 e. The van der Waals surface area contributed by atoms with Crippen LogP contribution in [-0.2, 0) is 14.9 Å². The van der Waals surface area contributed by atoms with Crippen molar-refractivity contribution in [3.05, 3.63) is 59.1 Å². The Labute approximate surface area is 159 Å². The number of carbonyl (C=O) groups is 1. The molecule has 0 saturated heterocycles. The van der Waals surface area contributed by atoms with E-state index in [-0.39, 0.29) is 5.91 Å². The number of hydrogen-bond acceptors (Lipinski definition) is 3. The van der Waals surface area contributed by atoms with E-state index < -0.39 is 5.41 Å². The maximum absolute atomic E-state index is 13.2. The molecule has 0 aromatic heterocycles. The van der Waals surface area contributed by atoms with E-state index >= 15 is 0 Å². The highest BCUT2D eigenvalue weighted by Crippen LogP contribution is 2.44. The molecule has 0 unspecified atom stereocenters. The summed E-state index contributed by atoms with van der Waals surface area (Å²) < 4.78 is 10.5. The predicted octanol–water partition coefficient (Wildman–Crippen LogP) is 4.82. The van der Waals surface area contributed by atoms with Crippen molar-refractivity contribution in [2.75, 3.05) is 25.6 Å². The molecule has 0 bridgehead atoms. The third-order valence-corrected chi connectivity index (χ3v) is 5.28. The summed E-state index contributed by atoms with van der Waals surface area (Å²) in [5.41, 5.74) is 1.13. The van der Waals surface area contributed by atoms with E-state index in [1.807, 2.05) is 48.5 Å². The van der Waals surface area contributed by atoms with Crippen molar-refractivity contribution in [3.8, 4) is 5.75 Å². The van der Waals surface area contributed by atoms with Gasteiger partial charge >= 0.3 is 0 Å². The Morgan fingerprint density at radius 3 is 2.42 bits per heavy atom. The van der Waals surface area contributed by atoms with E-state index in [0.29, 0.717) is 18.2 Å². The Bertz CT molecular complexity index is 739. The van der Waals surface area contributed by atoms with Crippen LogP contribution in [0.5, 0.6) is 5.75 Å². The summed E-state index contributed by atoms with van der Waals surface area (Å²) in [5, 5.41) is 3.73. The first-order valence-corrected chi connectivity index (χ1v) is 9.32. The molecule has 26 heavy (non-hydrogen) atoms. The Kier molecular flexibility index (Phi) is 6.17. The van der Waals surface area contributed by atoms with Gasteiger partial charge in [-0.1, -0.05) is 42.6 Å². The number of methoxy groups -OCH3 is 1. The van der Waals surface area contributed by atoms with Crippen LogP contribution in [0.1, 0.15) is 31.2 Å². The molecule has 5 heteroatoms. The molecule has 0 heterocycles. The van der Waals surface area contributed by atoms with Crippen molar-refractivity contribution in [2.45, 2.75) is 31.1 Å². The van der Waals surface area contributed by atoms with Crippen LogP contribution in [0.4, 0.5) is 5.69 Å². The maximum Gasteiger partial charge on any atom is 0.235 e. The molecule has 0 atom stereocenters. The normalized spacial score (nSPS) is 15.6. The molecule has 2 aromatic rings. The van der Waals surface area contributed by atoms with E-state index in [1.165, 1.54) is 0 Å². The van der Waals surface area contributed by atoms with Gasteiger partial charge in [0.2, 0.25) is 5.91 Å². The average Bonchev–Trinajstić information content (AvgIpc) is 3.15. The van der Waals surface area contributed by atoms with Crippen LogP contribution < -0.4 is 10.1 Å². The molecule has 4 nitrogen and oxygen atoms in total. The second-order valence-corrected chi connectivity index (χ2v) is 7.00. The van der Waals surface area contributed by atoms with E-state index in [1.54, 1.807) is 7.11 Å². The monoisotopic (exact) mass is 373 g/mol. The zero-order chi connectivity index (χ0) is 18.4. The maximum atomic E-state index is 13.2. The van der Waals surface area contributed by atoms with Gasteiger partial charge in [0.15, 0.2) is 0 Å². The third kappa shape index (κ3) is 4.02. The lowest BCUT2D eigenvalue weighted by Crippen LogP contribution is -2.38. The van der Waals surface area contributed by atoms with Gasteiger partial charge in [-0.2, -0.15) is 0 Å². The zero-order valence-corrected chi connectivity index (χ0v) is 15.7. The van der Waals surface area contributed by atoms with Gasteiger partial charge in [0, 0.05) is 17.8 Å². The van der Waals surface area contributed by atoms with Crippen molar-refractivity contribution >= 4 is 23.2 Å². The predicted molar refractivity (Wildman–Crippen MR) is 104 cm³/mol. The molecule has 2 aromatic carbocycles. The van der Waals surface area contributed by atoms with Gasteiger partial charge in [0.25, 0.3) is 0 Å². The highest BCUT2D eigenvalue weighted by molar-refractivity contribution is 6.31. The SMILES string of the molecule is COCCOc1ccc(NC(=O)C2(c3ccccc3Cl)CCCC2)cc1. The van der Waals surface area contributed by atoms with E-state index in [9.17, 15) is 4.79 Å². The van der Waals surface area contributed by atoms with Crippen molar-refractivity contribution < 1.29 is 14.3 Å². The van der Waals surface area contributed by atoms with Crippen molar-refractivity contribution in [2.24, 2.45) is 0 Å². The standard InChI is InChI=1S/C21H24ClNO3/c1-25-14-15-26-17-10-8-16(9-11-17)23-20(24)21(12-4-5-13-21)18-6-2-3-7-19(18)22/h2-3,6-11H,4-5,12-15H2,1H3,(H,23,24). The van der Waals surface area contributed by atoms with Crippen molar-refractivity contribution in [1.82, 2.24) is 0 Å².